The number of imide groups is 1. The van der Waals surface area contributed by atoms with Gasteiger partial charge < -0.3 is 4.90 Å². The second-order valence-corrected chi connectivity index (χ2v) is 9.35. The minimum absolute atomic E-state index is 0.0374. The zero-order chi connectivity index (χ0) is 21.5. The van der Waals surface area contributed by atoms with Crippen LogP contribution in [0.15, 0.2) is 47.4 Å². The maximum absolute atomic E-state index is 13.1. The fourth-order valence-corrected chi connectivity index (χ4v) is 5.25. The molecule has 0 spiro atoms. The Kier molecular flexibility index (Phi) is 5.17. The van der Waals surface area contributed by atoms with Crippen molar-refractivity contribution in [3.8, 4) is 0 Å². The van der Waals surface area contributed by atoms with Gasteiger partial charge in [-0.1, -0.05) is 17.7 Å². The first-order valence-corrected chi connectivity index (χ1v) is 11.1. The molecule has 2 aliphatic heterocycles. The Morgan fingerprint density at radius 1 is 0.933 bits per heavy atom. The maximum Gasteiger partial charge on any atom is 0.258 e. The van der Waals surface area contributed by atoms with Gasteiger partial charge in [-0.15, -0.1) is 0 Å². The summed E-state index contributed by atoms with van der Waals surface area (Å²) in [5, 5.41) is 2.16. The minimum atomic E-state index is -3.86. The molecule has 0 aliphatic carbocycles. The molecule has 1 N–H and O–H groups in total. The quantitative estimate of drug-likeness (QED) is 0.746. The van der Waals surface area contributed by atoms with Crippen molar-refractivity contribution in [2.24, 2.45) is 0 Å². The van der Waals surface area contributed by atoms with Crippen LogP contribution in [0.3, 0.4) is 0 Å². The number of sulfonamides is 1. The van der Waals surface area contributed by atoms with Gasteiger partial charge in [0.05, 0.1) is 16.0 Å². The van der Waals surface area contributed by atoms with E-state index in [1.54, 1.807) is 11.0 Å². The average molecular weight is 427 g/mol. The third-order valence-electron chi connectivity index (χ3n) is 5.35. The summed E-state index contributed by atoms with van der Waals surface area (Å²) in [6, 6.07) is 11.3. The number of nitrogens with one attached hydrogen (secondary N) is 1. The molecule has 0 unspecified atom stereocenters. The molecule has 1 saturated heterocycles. The van der Waals surface area contributed by atoms with E-state index in [0.717, 1.165) is 5.56 Å². The molecule has 0 aromatic heterocycles. The van der Waals surface area contributed by atoms with Gasteiger partial charge in [0.2, 0.25) is 10.0 Å². The normalized spacial score (nSPS) is 17.4. The summed E-state index contributed by atoms with van der Waals surface area (Å²) < 4.78 is 27.6. The lowest BCUT2D eigenvalue weighted by Crippen LogP contribution is -2.37. The van der Waals surface area contributed by atoms with E-state index in [1.165, 1.54) is 22.5 Å². The van der Waals surface area contributed by atoms with E-state index in [4.69, 9.17) is 0 Å². The third-order valence-corrected chi connectivity index (χ3v) is 7.25. The summed E-state index contributed by atoms with van der Waals surface area (Å²) in [7, 11) is -3.86. The Bertz CT molecular complexity index is 1160. The van der Waals surface area contributed by atoms with Gasteiger partial charge in [-0.05, 0) is 43.7 Å². The number of fused-ring (bicyclic) bond motifs is 1. The van der Waals surface area contributed by atoms with Crippen LogP contribution >= 0.6 is 0 Å². The minimum Gasteiger partial charge on any atom is -0.337 e. The van der Waals surface area contributed by atoms with Crippen LogP contribution in [0.1, 0.15) is 43.1 Å². The highest BCUT2D eigenvalue weighted by Gasteiger charge is 2.32. The lowest BCUT2D eigenvalue weighted by atomic mass is 10.1. The van der Waals surface area contributed by atoms with Crippen molar-refractivity contribution in [2.75, 3.05) is 26.2 Å². The number of hydrogen-bond donors (Lipinski definition) is 1. The smallest absolute Gasteiger partial charge is 0.258 e. The van der Waals surface area contributed by atoms with Crippen molar-refractivity contribution < 1.29 is 22.8 Å². The molecule has 2 aromatic carbocycles. The molecule has 0 radical (unpaired) electrons. The number of carbonyl (C=O) groups excluding carboxylic acids is 3. The van der Waals surface area contributed by atoms with Crippen LogP contribution in [-0.4, -0.2) is 61.5 Å². The van der Waals surface area contributed by atoms with Gasteiger partial charge in [0.15, 0.2) is 0 Å². The Morgan fingerprint density at radius 2 is 1.70 bits per heavy atom. The van der Waals surface area contributed by atoms with Gasteiger partial charge in [-0.25, -0.2) is 8.42 Å². The van der Waals surface area contributed by atoms with Crippen molar-refractivity contribution in [1.29, 1.82) is 0 Å². The zero-order valence-electron chi connectivity index (χ0n) is 16.4. The summed E-state index contributed by atoms with van der Waals surface area (Å²) >= 11 is 0. The molecule has 30 heavy (non-hydrogen) atoms. The van der Waals surface area contributed by atoms with E-state index in [9.17, 15) is 22.8 Å². The molecule has 0 saturated carbocycles. The van der Waals surface area contributed by atoms with E-state index in [1.807, 2.05) is 25.1 Å². The van der Waals surface area contributed by atoms with Crippen molar-refractivity contribution in [3.05, 3.63) is 64.7 Å². The van der Waals surface area contributed by atoms with Gasteiger partial charge in [-0.3, -0.25) is 19.7 Å². The van der Waals surface area contributed by atoms with Crippen LogP contribution in [0.4, 0.5) is 0 Å². The standard InChI is InChI=1S/C21H21N3O5S/c1-14-4-2-5-15(12-14)21(27)23-8-3-9-24(11-10-23)30(28,29)16-6-7-17-18(13-16)20(26)22-19(17)25/h2,4-7,12-13H,3,8-11H2,1H3,(H,22,25,26). The third kappa shape index (κ3) is 3.61. The zero-order valence-corrected chi connectivity index (χ0v) is 17.2. The SMILES string of the molecule is Cc1cccc(C(=O)N2CCCN(S(=O)(=O)c3ccc4c(c3)C(=O)NC4=O)CC2)c1. The van der Waals surface area contributed by atoms with E-state index < -0.39 is 21.8 Å². The predicted molar refractivity (Wildman–Crippen MR) is 109 cm³/mol. The number of rotatable bonds is 3. The van der Waals surface area contributed by atoms with Gasteiger partial charge in [0.25, 0.3) is 17.7 Å². The molecule has 2 heterocycles. The van der Waals surface area contributed by atoms with Gasteiger partial charge in [-0.2, -0.15) is 4.31 Å². The summed E-state index contributed by atoms with van der Waals surface area (Å²) in [6.07, 6.45) is 0.501. The topological polar surface area (TPSA) is 104 Å². The molecule has 4 rings (SSSR count). The first-order valence-electron chi connectivity index (χ1n) is 9.63. The molecule has 0 bridgehead atoms. The van der Waals surface area contributed by atoms with E-state index in [0.29, 0.717) is 18.5 Å². The van der Waals surface area contributed by atoms with Crippen LogP contribution in [0.2, 0.25) is 0 Å². The van der Waals surface area contributed by atoms with Gasteiger partial charge in [0, 0.05) is 31.7 Å². The second kappa shape index (κ2) is 7.66. The Morgan fingerprint density at radius 3 is 2.47 bits per heavy atom. The average Bonchev–Trinajstić information content (AvgIpc) is 2.89. The molecule has 1 fully saturated rings. The lowest BCUT2D eigenvalue weighted by Gasteiger charge is -2.22. The Labute approximate surface area is 174 Å². The summed E-state index contributed by atoms with van der Waals surface area (Å²) in [4.78, 5) is 38.0. The van der Waals surface area contributed by atoms with Crippen molar-refractivity contribution in [3.63, 3.8) is 0 Å². The van der Waals surface area contributed by atoms with Crippen LogP contribution in [0, 0.1) is 6.92 Å². The number of carbonyl (C=O) groups is 3. The fraction of sp³-hybridized carbons (Fsp3) is 0.286. The monoisotopic (exact) mass is 427 g/mol. The Balaban J connectivity index is 1.53. The van der Waals surface area contributed by atoms with Crippen LogP contribution in [0.5, 0.6) is 0 Å². The molecule has 8 nitrogen and oxygen atoms in total. The predicted octanol–water partition coefficient (Wildman–Crippen LogP) is 1.42. The van der Waals surface area contributed by atoms with E-state index >= 15 is 0 Å². The second-order valence-electron chi connectivity index (χ2n) is 7.41. The molecule has 3 amide bonds. The van der Waals surface area contributed by atoms with Crippen molar-refractivity contribution in [1.82, 2.24) is 14.5 Å². The fourth-order valence-electron chi connectivity index (χ4n) is 3.75. The molecular weight excluding hydrogens is 406 g/mol. The molecular formula is C21H21N3O5S. The van der Waals surface area contributed by atoms with Gasteiger partial charge >= 0.3 is 0 Å². The van der Waals surface area contributed by atoms with Gasteiger partial charge in [0.1, 0.15) is 0 Å². The van der Waals surface area contributed by atoms with Crippen molar-refractivity contribution in [2.45, 2.75) is 18.2 Å². The highest BCUT2D eigenvalue weighted by atomic mass is 32.2. The highest BCUT2D eigenvalue weighted by molar-refractivity contribution is 7.89. The first-order chi connectivity index (χ1) is 14.3. The van der Waals surface area contributed by atoms with E-state index in [2.05, 4.69) is 5.32 Å². The maximum atomic E-state index is 13.1. The molecule has 2 aromatic rings. The van der Waals surface area contributed by atoms with E-state index in [-0.39, 0.29) is 41.6 Å². The molecule has 156 valence electrons. The number of aryl methyl sites for hydroxylation is 1. The van der Waals surface area contributed by atoms with Crippen LogP contribution < -0.4 is 5.32 Å². The lowest BCUT2D eigenvalue weighted by molar-refractivity contribution is 0.0763. The number of amides is 3. The summed E-state index contributed by atoms with van der Waals surface area (Å²) in [6.45, 7) is 3.07. The Hall–Kier alpha value is -3.04. The molecule has 0 atom stereocenters. The largest absolute Gasteiger partial charge is 0.337 e. The van der Waals surface area contributed by atoms with Crippen LogP contribution in [-0.2, 0) is 10.0 Å². The summed E-state index contributed by atoms with van der Waals surface area (Å²) in [5.41, 5.74) is 1.80. The summed E-state index contributed by atoms with van der Waals surface area (Å²) in [5.74, 6) is -1.25. The molecule has 9 heteroatoms. The number of benzene rings is 2. The highest BCUT2D eigenvalue weighted by Crippen LogP contribution is 2.24. The number of hydrogen-bond acceptors (Lipinski definition) is 5. The molecule has 2 aliphatic rings. The van der Waals surface area contributed by atoms with Crippen LogP contribution in [0.25, 0.3) is 0 Å². The first kappa shape index (κ1) is 20.2. The number of nitrogens with zero attached hydrogens (tertiary/aromatic N) is 2. The van der Waals surface area contributed by atoms with Crippen molar-refractivity contribution >= 4 is 27.7 Å².